The van der Waals surface area contributed by atoms with E-state index in [0.717, 1.165) is 0 Å². The first-order valence-electron chi connectivity index (χ1n) is 1.52. The molecule has 0 fully saturated rings. The average Bonchev–Trinajstić information content (AvgIpc) is 1.41. The number of rotatable bonds is 1. The van der Waals surface area contributed by atoms with Gasteiger partial charge in [0, 0.05) is 7.05 Å². The lowest BCUT2D eigenvalue weighted by atomic mass is 10.1. The molecule has 0 bridgehead atoms. The summed E-state index contributed by atoms with van der Waals surface area (Å²) < 4.78 is 0. The fourth-order valence-corrected chi connectivity index (χ4v) is 0.105. The maximum Gasteiger partial charge on any atom is 0.0729 e. The Kier molecular flexibility index (Phi) is 3.54. The predicted molar refractivity (Wildman–Crippen MR) is 25.0 cm³/mol. The molecular weight excluding hydrogens is 60.9 g/mol. The molecular formula is C3H6BN. The Hall–Kier alpha value is -0.265. The van der Waals surface area contributed by atoms with Gasteiger partial charge in [-0.25, -0.2) is 0 Å². The number of hydrogen-bond donors (Lipinski definition) is 0. The van der Waals surface area contributed by atoms with Crippen LogP contribution < -0.4 is 0 Å². The Morgan fingerprint density at radius 3 is 2.60 bits per heavy atom. The molecule has 0 aliphatic rings. The number of aliphatic imine (C=N–C) groups is 1. The molecule has 0 amide bonds. The fraction of sp³-hybridized carbons (Fsp3) is 0.667. The van der Waals surface area contributed by atoms with Gasteiger partial charge in [0.25, 0.3) is 0 Å². The van der Waals surface area contributed by atoms with E-state index in [9.17, 15) is 0 Å². The van der Waals surface area contributed by atoms with Crippen molar-refractivity contribution in [3.05, 3.63) is 0 Å². The van der Waals surface area contributed by atoms with Crippen molar-refractivity contribution in [3.8, 4) is 0 Å². The molecule has 0 aromatic rings. The molecule has 0 heterocycles. The molecule has 0 N–H and O–H groups in total. The van der Waals surface area contributed by atoms with Gasteiger partial charge < -0.3 is 4.99 Å². The van der Waals surface area contributed by atoms with Crippen LogP contribution in [0, 0.1) is 0 Å². The fourth-order valence-electron chi connectivity index (χ4n) is 0.105. The van der Waals surface area contributed by atoms with Gasteiger partial charge in [-0.2, -0.15) is 0 Å². The molecule has 1 nitrogen and oxygen atoms in total. The lowest BCUT2D eigenvalue weighted by Gasteiger charge is -1.65. The van der Waals surface area contributed by atoms with Crippen molar-refractivity contribution in [1.29, 1.82) is 0 Å². The highest BCUT2D eigenvalue weighted by atomic mass is 14.6. The molecule has 0 atom stereocenters. The maximum atomic E-state index is 4.99. The minimum absolute atomic E-state index is 0.552. The van der Waals surface area contributed by atoms with Crippen LogP contribution in [-0.4, -0.2) is 21.1 Å². The molecule has 0 aliphatic heterocycles. The summed E-state index contributed by atoms with van der Waals surface area (Å²) in [5.74, 6) is 0. The van der Waals surface area contributed by atoms with E-state index in [2.05, 4.69) is 4.99 Å². The normalized spacial score (nSPS) is 9.80. The minimum Gasteiger partial charge on any atom is -0.302 e. The summed E-state index contributed by atoms with van der Waals surface area (Å²) in [4.78, 5) is 3.60. The Bertz CT molecular complexity index is 33.9. The van der Waals surface area contributed by atoms with Crippen LogP contribution in [0.3, 0.4) is 0 Å². The van der Waals surface area contributed by atoms with Gasteiger partial charge in [0.1, 0.15) is 0 Å². The monoisotopic (exact) mass is 67.1 g/mol. The summed E-state index contributed by atoms with van der Waals surface area (Å²) in [7, 11) is 6.69. The van der Waals surface area contributed by atoms with Crippen LogP contribution in [0.15, 0.2) is 4.99 Å². The summed E-state index contributed by atoms with van der Waals surface area (Å²) in [5, 5.41) is 0. The first kappa shape index (κ1) is 4.73. The van der Waals surface area contributed by atoms with Crippen LogP contribution in [0.2, 0.25) is 6.32 Å². The van der Waals surface area contributed by atoms with Gasteiger partial charge in [-0.15, -0.1) is 0 Å². The van der Waals surface area contributed by atoms with E-state index in [0.29, 0.717) is 6.32 Å². The van der Waals surface area contributed by atoms with E-state index in [4.69, 9.17) is 7.85 Å². The van der Waals surface area contributed by atoms with E-state index >= 15 is 0 Å². The molecule has 0 aromatic heterocycles. The van der Waals surface area contributed by atoms with Crippen molar-refractivity contribution in [2.24, 2.45) is 4.99 Å². The van der Waals surface area contributed by atoms with Gasteiger partial charge in [0.2, 0.25) is 0 Å². The molecule has 0 aliphatic carbocycles. The van der Waals surface area contributed by atoms with E-state index in [1.807, 2.05) is 0 Å². The Morgan fingerprint density at radius 2 is 2.60 bits per heavy atom. The second kappa shape index (κ2) is 3.73. The Morgan fingerprint density at radius 1 is 2.00 bits per heavy atom. The average molecular weight is 66.9 g/mol. The summed E-state index contributed by atoms with van der Waals surface area (Å²) in [6, 6.07) is 0. The molecule has 0 unspecified atom stereocenters. The molecule has 0 aromatic carbocycles. The zero-order chi connectivity index (χ0) is 4.12. The lowest BCUT2D eigenvalue weighted by molar-refractivity contribution is 1.46. The van der Waals surface area contributed by atoms with Crippen LogP contribution in [0.25, 0.3) is 0 Å². The van der Waals surface area contributed by atoms with Gasteiger partial charge in [-0.05, 0) is 6.21 Å². The van der Waals surface area contributed by atoms with E-state index in [1.165, 1.54) is 0 Å². The summed E-state index contributed by atoms with van der Waals surface area (Å²) >= 11 is 0. The van der Waals surface area contributed by atoms with Gasteiger partial charge >= 0.3 is 0 Å². The van der Waals surface area contributed by atoms with Crippen molar-refractivity contribution in [3.63, 3.8) is 0 Å². The summed E-state index contributed by atoms with van der Waals surface area (Å²) in [5.41, 5.74) is 0. The quantitative estimate of drug-likeness (QED) is 0.308. The second-order valence-electron chi connectivity index (χ2n) is 0.676. The topological polar surface area (TPSA) is 12.4 Å². The minimum atomic E-state index is 0.552. The van der Waals surface area contributed by atoms with E-state index in [1.54, 1.807) is 13.3 Å². The van der Waals surface area contributed by atoms with Gasteiger partial charge in [-0.3, -0.25) is 0 Å². The van der Waals surface area contributed by atoms with Gasteiger partial charge in [0.15, 0.2) is 0 Å². The summed E-state index contributed by atoms with van der Waals surface area (Å²) in [6.45, 7) is 0. The Balaban J connectivity index is 2.62. The van der Waals surface area contributed by atoms with E-state index < -0.39 is 0 Å². The lowest BCUT2D eigenvalue weighted by Crippen LogP contribution is -1.65. The molecule has 2 heteroatoms. The molecule has 26 valence electrons. The molecule has 2 radical (unpaired) electrons. The molecule has 0 saturated carbocycles. The first-order chi connectivity index (χ1) is 2.41. The first-order valence-corrected chi connectivity index (χ1v) is 1.52. The molecule has 0 spiro atoms. The predicted octanol–water partition coefficient (Wildman–Crippen LogP) is 0.274. The zero-order valence-corrected chi connectivity index (χ0v) is 3.31. The third-order valence-electron chi connectivity index (χ3n) is 0.288. The van der Waals surface area contributed by atoms with Crippen molar-refractivity contribution in [2.45, 2.75) is 6.32 Å². The highest BCUT2D eigenvalue weighted by molar-refractivity contribution is 6.16. The third kappa shape index (κ3) is 3.73. The molecule has 0 saturated heterocycles. The number of nitrogens with zero attached hydrogens (tertiary/aromatic N) is 1. The van der Waals surface area contributed by atoms with Crippen LogP contribution >= 0.6 is 0 Å². The molecule has 0 rings (SSSR count). The smallest absolute Gasteiger partial charge is 0.0729 e. The van der Waals surface area contributed by atoms with Gasteiger partial charge in [-0.1, -0.05) is 6.32 Å². The van der Waals surface area contributed by atoms with Crippen LogP contribution in [0.4, 0.5) is 0 Å². The van der Waals surface area contributed by atoms with E-state index in [-0.39, 0.29) is 0 Å². The second-order valence-corrected chi connectivity index (χ2v) is 0.676. The standard InChI is InChI=1S/C3H6BN/c1-5-3-2-4/h3H,2H2,1H3. The van der Waals surface area contributed by atoms with Crippen LogP contribution in [-0.2, 0) is 0 Å². The van der Waals surface area contributed by atoms with Crippen molar-refractivity contribution in [1.82, 2.24) is 0 Å². The third-order valence-corrected chi connectivity index (χ3v) is 0.288. The van der Waals surface area contributed by atoms with Crippen LogP contribution in [0.5, 0.6) is 0 Å². The van der Waals surface area contributed by atoms with Crippen molar-refractivity contribution >= 4 is 14.1 Å². The summed E-state index contributed by atoms with van der Waals surface area (Å²) in [6.07, 6.45) is 2.20. The van der Waals surface area contributed by atoms with Crippen molar-refractivity contribution in [2.75, 3.05) is 7.05 Å². The maximum absolute atomic E-state index is 4.99. The number of hydrogen-bond acceptors (Lipinski definition) is 1. The van der Waals surface area contributed by atoms with Gasteiger partial charge in [0.05, 0.1) is 7.85 Å². The zero-order valence-electron chi connectivity index (χ0n) is 3.31. The Labute approximate surface area is 33.5 Å². The van der Waals surface area contributed by atoms with Crippen molar-refractivity contribution < 1.29 is 0 Å². The van der Waals surface area contributed by atoms with Crippen LogP contribution in [0.1, 0.15) is 0 Å². The highest BCUT2D eigenvalue weighted by Crippen LogP contribution is 1.56. The highest BCUT2D eigenvalue weighted by Gasteiger charge is 1.53. The largest absolute Gasteiger partial charge is 0.302 e. The SMILES string of the molecule is [B]CC=NC. The molecule has 5 heavy (non-hydrogen) atoms.